The van der Waals surface area contributed by atoms with E-state index in [1.54, 1.807) is 0 Å². The molecular formula is C16H23ClO. The third-order valence-corrected chi connectivity index (χ3v) is 4.38. The second-order valence-electron chi connectivity index (χ2n) is 5.38. The molecule has 1 saturated heterocycles. The molecule has 1 nitrogen and oxygen atoms in total. The third kappa shape index (κ3) is 3.73. The highest BCUT2D eigenvalue weighted by Crippen LogP contribution is 2.29. The van der Waals surface area contributed by atoms with Gasteiger partial charge in [-0.3, -0.25) is 0 Å². The fraction of sp³-hybridized carbons (Fsp3) is 0.625. The molecule has 0 aliphatic carbocycles. The summed E-state index contributed by atoms with van der Waals surface area (Å²) in [6.07, 6.45) is 6.26. The van der Waals surface area contributed by atoms with E-state index in [1.165, 1.54) is 36.0 Å². The summed E-state index contributed by atoms with van der Waals surface area (Å²) in [5, 5.41) is 0.120. The molecule has 0 amide bonds. The summed E-state index contributed by atoms with van der Waals surface area (Å²) in [5.74, 6) is 0. The monoisotopic (exact) mass is 266 g/mol. The number of aryl methyl sites for hydroxylation is 2. The van der Waals surface area contributed by atoms with E-state index in [2.05, 4.69) is 32.0 Å². The lowest BCUT2D eigenvalue weighted by molar-refractivity contribution is 0.0100. The second-order valence-corrected chi connectivity index (χ2v) is 5.90. The minimum Gasteiger partial charge on any atom is -0.378 e. The van der Waals surface area contributed by atoms with Gasteiger partial charge >= 0.3 is 0 Å². The van der Waals surface area contributed by atoms with Gasteiger partial charge in [0.1, 0.15) is 0 Å². The molecule has 0 saturated carbocycles. The van der Waals surface area contributed by atoms with Crippen molar-refractivity contribution in [2.45, 2.75) is 57.4 Å². The molecule has 0 radical (unpaired) electrons. The van der Waals surface area contributed by atoms with Gasteiger partial charge in [-0.25, -0.2) is 0 Å². The molecule has 1 aliphatic rings. The highest BCUT2D eigenvalue weighted by Gasteiger charge is 2.16. The Labute approximate surface area is 115 Å². The number of hydrogen-bond donors (Lipinski definition) is 0. The normalized spacial score (nSPS) is 21.8. The lowest BCUT2D eigenvalue weighted by atomic mass is 9.99. The molecular weight excluding hydrogens is 244 g/mol. The Kier molecular flexibility index (Phi) is 5.08. The van der Waals surface area contributed by atoms with Crippen LogP contribution in [0.3, 0.4) is 0 Å². The van der Waals surface area contributed by atoms with Crippen molar-refractivity contribution < 1.29 is 4.74 Å². The van der Waals surface area contributed by atoms with Gasteiger partial charge in [-0.1, -0.05) is 18.2 Å². The van der Waals surface area contributed by atoms with Crippen LogP contribution in [0.15, 0.2) is 18.2 Å². The van der Waals surface area contributed by atoms with E-state index in [9.17, 15) is 0 Å². The molecule has 2 heteroatoms. The molecule has 18 heavy (non-hydrogen) atoms. The molecule has 2 unspecified atom stereocenters. The van der Waals surface area contributed by atoms with Gasteiger partial charge in [0.05, 0.1) is 11.5 Å². The Balaban J connectivity index is 1.86. The van der Waals surface area contributed by atoms with Crippen LogP contribution in [-0.2, 0) is 4.74 Å². The summed E-state index contributed by atoms with van der Waals surface area (Å²) in [6, 6.07) is 6.54. The van der Waals surface area contributed by atoms with Gasteiger partial charge in [0.2, 0.25) is 0 Å². The van der Waals surface area contributed by atoms with Gasteiger partial charge in [0.25, 0.3) is 0 Å². The largest absolute Gasteiger partial charge is 0.378 e. The number of hydrogen-bond acceptors (Lipinski definition) is 1. The van der Waals surface area contributed by atoms with Crippen molar-refractivity contribution in [2.24, 2.45) is 0 Å². The van der Waals surface area contributed by atoms with Gasteiger partial charge in [-0.05, 0) is 62.6 Å². The van der Waals surface area contributed by atoms with E-state index in [0.29, 0.717) is 6.10 Å². The SMILES string of the molecule is Cc1ccc(C(Cl)CCC2CCCCO2)cc1C. The molecule has 1 aromatic rings. The predicted octanol–water partition coefficient (Wildman–Crippen LogP) is 4.93. The molecule has 1 aliphatic heterocycles. The summed E-state index contributed by atoms with van der Waals surface area (Å²) in [4.78, 5) is 0. The first-order chi connectivity index (χ1) is 8.66. The van der Waals surface area contributed by atoms with Gasteiger partial charge in [0, 0.05) is 6.61 Å². The number of benzene rings is 1. The van der Waals surface area contributed by atoms with Crippen molar-refractivity contribution in [1.82, 2.24) is 0 Å². The Morgan fingerprint density at radius 3 is 2.78 bits per heavy atom. The molecule has 1 aromatic carbocycles. The van der Waals surface area contributed by atoms with Crippen LogP contribution < -0.4 is 0 Å². The minimum absolute atomic E-state index is 0.120. The van der Waals surface area contributed by atoms with Crippen molar-refractivity contribution in [3.63, 3.8) is 0 Å². The molecule has 1 heterocycles. The van der Waals surface area contributed by atoms with E-state index >= 15 is 0 Å². The van der Waals surface area contributed by atoms with E-state index < -0.39 is 0 Å². The minimum atomic E-state index is 0.120. The van der Waals surface area contributed by atoms with Gasteiger partial charge < -0.3 is 4.74 Å². The summed E-state index contributed by atoms with van der Waals surface area (Å²) in [7, 11) is 0. The topological polar surface area (TPSA) is 9.23 Å². The maximum absolute atomic E-state index is 6.49. The van der Waals surface area contributed by atoms with Crippen LogP contribution >= 0.6 is 11.6 Å². The smallest absolute Gasteiger partial charge is 0.0586 e. The highest BCUT2D eigenvalue weighted by atomic mass is 35.5. The van der Waals surface area contributed by atoms with E-state index in [4.69, 9.17) is 16.3 Å². The average Bonchev–Trinajstić information content (AvgIpc) is 2.40. The highest BCUT2D eigenvalue weighted by molar-refractivity contribution is 6.20. The first kappa shape index (κ1) is 13.9. The van der Waals surface area contributed by atoms with Crippen molar-refractivity contribution in [3.05, 3.63) is 34.9 Å². The average molecular weight is 267 g/mol. The maximum Gasteiger partial charge on any atom is 0.0586 e. The summed E-state index contributed by atoms with van der Waals surface area (Å²) < 4.78 is 5.75. The van der Waals surface area contributed by atoms with Crippen LogP contribution in [0.2, 0.25) is 0 Å². The Morgan fingerprint density at radius 2 is 2.11 bits per heavy atom. The zero-order valence-electron chi connectivity index (χ0n) is 11.4. The molecule has 2 rings (SSSR count). The molecule has 0 aromatic heterocycles. The first-order valence-electron chi connectivity index (χ1n) is 6.99. The van der Waals surface area contributed by atoms with Crippen molar-refractivity contribution in [2.75, 3.05) is 6.61 Å². The predicted molar refractivity (Wildman–Crippen MR) is 77.3 cm³/mol. The Hall–Kier alpha value is -0.530. The summed E-state index contributed by atoms with van der Waals surface area (Å²) in [5.41, 5.74) is 3.90. The lowest BCUT2D eigenvalue weighted by Gasteiger charge is -2.23. The molecule has 0 spiro atoms. The van der Waals surface area contributed by atoms with Crippen LogP contribution in [0.25, 0.3) is 0 Å². The number of alkyl halides is 1. The van der Waals surface area contributed by atoms with Crippen LogP contribution in [0, 0.1) is 13.8 Å². The number of ether oxygens (including phenoxy) is 1. The van der Waals surface area contributed by atoms with Crippen LogP contribution in [0.4, 0.5) is 0 Å². The zero-order valence-corrected chi connectivity index (χ0v) is 12.2. The van der Waals surface area contributed by atoms with Gasteiger partial charge in [-0.2, -0.15) is 0 Å². The van der Waals surface area contributed by atoms with Gasteiger partial charge in [0.15, 0.2) is 0 Å². The standard InChI is InChI=1S/C16H23ClO/c1-12-6-7-14(11-13(12)2)16(17)9-8-15-5-3-4-10-18-15/h6-7,11,15-16H,3-5,8-10H2,1-2H3. The molecule has 2 atom stereocenters. The van der Waals surface area contributed by atoms with Crippen LogP contribution in [-0.4, -0.2) is 12.7 Å². The third-order valence-electron chi connectivity index (χ3n) is 3.91. The van der Waals surface area contributed by atoms with Crippen LogP contribution in [0.5, 0.6) is 0 Å². The second kappa shape index (κ2) is 6.58. The van der Waals surface area contributed by atoms with Crippen molar-refractivity contribution in [3.8, 4) is 0 Å². The fourth-order valence-corrected chi connectivity index (χ4v) is 2.76. The van der Waals surface area contributed by atoms with E-state index in [-0.39, 0.29) is 5.38 Å². The Morgan fingerprint density at radius 1 is 1.28 bits per heavy atom. The maximum atomic E-state index is 6.49. The Bertz CT molecular complexity index is 383. The molecule has 0 bridgehead atoms. The van der Waals surface area contributed by atoms with Crippen molar-refractivity contribution >= 4 is 11.6 Å². The quantitative estimate of drug-likeness (QED) is 0.702. The number of halogens is 1. The van der Waals surface area contributed by atoms with Gasteiger partial charge in [-0.15, -0.1) is 11.6 Å². The van der Waals surface area contributed by atoms with E-state index in [0.717, 1.165) is 19.4 Å². The molecule has 1 fully saturated rings. The first-order valence-corrected chi connectivity index (χ1v) is 7.43. The lowest BCUT2D eigenvalue weighted by Crippen LogP contribution is -2.19. The molecule has 0 N–H and O–H groups in total. The number of rotatable bonds is 4. The van der Waals surface area contributed by atoms with Crippen molar-refractivity contribution in [1.29, 1.82) is 0 Å². The summed E-state index contributed by atoms with van der Waals surface area (Å²) in [6.45, 7) is 5.21. The summed E-state index contributed by atoms with van der Waals surface area (Å²) >= 11 is 6.49. The van der Waals surface area contributed by atoms with Crippen LogP contribution in [0.1, 0.15) is 54.2 Å². The molecule has 100 valence electrons. The van der Waals surface area contributed by atoms with E-state index in [1.807, 2.05) is 0 Å². The zero-order chi connectivity index (χ0) is 13.0. The fourth-order valence-electron chi connectivity index (χ4n) is 2.49.